The van der Waals surface area contributed by atoms with Gasteiger partial charge in [0, 0.05) is 12.8 Å². The van der Waals surface area contributed by atoms with E-state index in [4.69, 9.17) is 18.5 Å². The lowest BCUT2D eigenvalue weighted by molar-refractivity contribution is -0.220. The third-order valence-corrected chi connectivity index (χ3v) is 10.6. The van der Waals surface area contributed by atoms with Gasteiger partial charge in [0.1, 0.15) is 43.2 Å². The standard InChI is InChI=1S/C45H75O14P/c1-3-5-7-8-9-10-11-12-16-19-22-25-28-32-38(47)56-34-37(35-57-60(54,55)59-45-43(52)41(50)40(49)42(51)44(45)53)58-39(48)33-29-26-23-20-17-14-13-15-18-21-24-27-31-36(46)30-6-4-2/h7-8,10-11,13-14,18,20-21,23,27,31,36-37,40-46,49-53H,3-6,9,12,15-17,19,22,24-26,28-30,32-35H2,1-2H3,(H,54,55)/b8-7-,11-10-,14-13-,21-18-,23-20-,31-27-/t36-,37-,40?,41-,42+,43-,44-,45?/m1/s1. The topological polar surface area (TPSA) is 230 Å². The minimum absolute atomic E-state index is 0.00283. The lowest BCUT2D eigenvalue weighted by Crippen LogP contribution is -2.64. The van der Waals surface area contributed by atoms with Gasteiger partial charge in [-0.15, -0.1) is 0 Å². The average Bonchev–Trinajstić information content (AvgIpc) is 3.22. The van der Waals surface area contributed by atoms with Gasteiger partial charge in [0.05, 0.1) is 12.7 Å². The minimum atomic E-state index is -5.15. The monoisotopic (exact) mass is 870 g/mol. The number of rotatable bonds is 34. The largest absolute Gasteiger partial charge is 0.472 e. The van der Waals surface area contributed by atoms with Gasteiger partial charge in [-0.25, -0.2) is 4.57 Å². The number of unbranched alkanes of at least 4 members (excludes halogenated alkanes) is 8. The normalized spacial score (nSPS) is 23.4. The molecule has 9 atom stereocenters. The van der Waals surface area contributed by atoms with Crippen LogP contribution < -0.4 is 0 Å². The Labute approximate surface area is 358 Å². The van der Waals surface area contributed by atoms with Gasteiger partial charge in [-0.1, -0.05) is 125 Å². The molecule has 7 N–H and O–H groups in total. The van der Waals surface area contributed by atoms with Crippen molar-refractivity contribution in [2.75, 3.05) is 13.2 Å². The highest BCUT2D eigenvalue weighted by molar-refractivity contribution is 7.47. The fourth-order valence-corrected chi connectivity index (χ4v) is 6.95. The molecule has 1 rings (SSSR count). The van der Waals surface area contributed by atoms with Crippen molar-refractivity contribution in [3.8, 4) is 0 Å². The van der Waals surface area contributed by atoms with Crippen LogP contribution in [0, 0.1) is 0 Å². The average molecular weight is 871 g/mol. The third kappa shape index (κ3) is 27.2. The lowest BCUT2D eigenvalue weighted by atomic mass is 9.85. The molecule has 344 valence electrons. The van der Waals surface area contributed by atoms with Crippen molar-refractivity contribution in [3.05, 3.63) is 72.9 Å². The second-order valence-corrected chi connectivity index (χ2v) is 16.4. The number of phosphoric ester groups is 1. The molecule has 0 aromatic heterocycles. The first-order chi connectivity index (χ1) is 28.8. The van der Waals surface area contributed by atoms with Crippen LogP contribution in [-0.4, -0.2) is 110 Å². The van der Waals surface area contributed by atoms with E-state index in [-0.39, 0.29) is 18.9 Å². The Hall–Kier alpha value is -2.75. The summed E-state index contributed by atoms with van der Waals surface area (Å²) in [6.45, 7) is 2.99. The molecule has 1 aliphatic carbocycles. The molecule has 1 saturated carbocycles. The Morgan fingerprint density at radius 2 is 1.08 bits per heavy atom. The highest BCUT2D eigenvalue weighted by Crippen LogP contribution is 2.47. The van der Waals surface area contributed by atoms with Gasteiger partial charge < -0.3 is 45.0 Å². The molecule has 3 unspecified atom stereocenters. The smallest absolute Gasteiger partial charge is 0.462 e. The van der Waals surface area contributed by atoms with Crippen LogP contribution in [0.25, 0.3) is 0 Å². The van der Waals surface area contributed by atoms with Crippen molar-refractivity contribution in [1.82, 2.24) is 0 Å². The van der Waals surface area contributed by atoms with Crippen LogP contribution in [-0.2, 0) is 32.7 Å². The molecule has 15 heteroatoms. The summed E-state index contributed by atoms with van der Waals surface area (Å²) < 4.78 is 33.4. The molecular formula is C45H75O14P. The summed E-state index contributed by atoms with van der Waals surface area (Å²) >= 11 is 0. The van der Waals surface area contributed by atoms with E-state index in [0.29, 0.717) is 19.3 Å². The van der Waals surface area contributed by atoms with Crippen LogP contribution in [0.4, 0.5) is 0 Å². The van der Waals surface area contributed by atoms with Crippen LogP contribution in [0.2, 0.25) is 0 Å². The van der Waals surface area contributed by atoms with Crippen molar-refractivity contribution in [2.45, 2.75) is 185 Å². The molecule has 0 bridgehead atoms. The molecule has 60 heavy (non-hydrogen) atoms. The summed E-state index contributed by atoms with van der Waals surface area (Å²) in [5.74, 6) is -1.21. The summed E-state index contributed by atoms with van der Waals surface area (Å²) in [6, 6.07) is 0. The molecule has 0 radical (unpaired) electrons. The summed E-state index contributed by atoms with van der Waals surface area (Å²) in [4.78, 5) is 35.6. The SMILES string of the molecule is CCC/C=C\C/C=C\CCCCCCCC(=O)OC[C@H](COP(=O)(O)OC1[C@H](O)[C@H](O)C(O)[C@H](O)[C@H]1O)OC(=O)CCC/C=C\C/C=C\C/C=C\C/C=C\[C@H](O)CCCC. The maximum Gasteiger partial charge on any atom is 0.472 e. The van der Waals surface area contributed by atoms with E-state index in [1.807, 2.05) is 30.4 Å². The number of esters is 2. The predicted octanol–water partition coefficient (Wildman–Crippen LogP) is 6.91. The summed E-state index contributed by atoms with van der Waals surface area (Å²) in [5.41, 5.74) is 0. The quantitative estimate of drug-likeness (QED) is 0.0151. The number of aliphatic hydroxyl groups excluding tert-OH is 6. The maximum atomic E-state index is 12.8. The van der Waals surface area contributed by atoms with Gasteiger partial charge in [-0.3, -0.25) is 18.6 Å². The van der Waals surface area contributed by atoms with E-state index in [1.165, 1.54) is 0 Å². The van der Waals surface area contributed by atoms with Gasteiger partial charge >= 0.3 is 19.8 Å². The minimum Gasteiger partial charge on any atom is -0.462 e. The zero-order chi connectivity index (χ0) is 44.4. The summed E-state index contributed by atoms with van der Waals surface area (Å²) in [6.07, 6.45) is 25.9. The van der Waals surface area contributed by atoms with Crippen molar-refractivity contribution >= 4 is 19.8 Å². The molecule has 14 nitrogen and oxygen atoms in total. The molecule has 0 aromatic rings. The fourth-order valence-electron chi connectivity index (χ4n) is 5.98. The number of allylic oxidation sites excluding steroid dienone is 11. The van der Waals surface area contributed by atoms with E-state index in [1.54, 1.807) is 0 Å². The zero-order valence-corrected chi connectivity index (χ0v) is 36.7. The number of carbonyl (C=O) groups excluding carboxylic acids is 2. The number of hydrogen-bond donors (Lipinski definition) is 7. The number of ether oxygens (including phenoxy) is 2. The zero-order valence-electron chi connectivity index (χ0n) is 35.8. The Balaban J connectivity index is 2.56. The van der Waals surface area contributed by atoms with Gasteiger partial charge in [0.25, 0.3) is 0 Å². The van der Waals surface area contributed by atoms with Crippen molar-refractivity contribution in [3.63, 3.8) is 0 Å². The highest BCUT2D eigenvalue weighted by Gasteiger charge is 2.51. The van der Waals surface area contributed by atoms with E-state index >= 15 is 0 Å². The van der Waals surface area contributed by atoms with Gasteiger partial charge in [-0.2, -0.15) is 0 Å². The van der Waals surface area contributed by atoms with Gasteiger partial charge in [0.2, 0.25) is 0 Å². The first-order valence-electron chi connectivity index (χ1n) is 21.8. The van der Waals surface area contributed by atoms with Crippen molar-refractivity contribution in [2.24, 2.45) is 0 Å². The number of carbonyl (C=O) groups is 2. The second-order valence-electron chi connectivity index (χ2n) is 15.0. The Kier molecular flexibility index (Phi) is 32.0. The maximum absolute atomic E-state index is 12.8. The molecule has 1 aliphatic rings. The van der Waals surface area contributed by atoms with Crippen molar-refractivity contribution < 1.29 is 68.2 Å². The number of aliphatic hydroxyl groups is 6. The third-order valence-electron chi connectivity index (χ3n) is 9.57. The van der Waals surface area contributed by atoms with Crippen LogP contribution in [0.3, 0.4) is 0 Å². The van der Waals surface area contributed by atoms with Crippen LogP contribution in [0.5, 0.6) is 0 Å². The molecule has 0 aliphatic heterocycles. The summed E-state index contributed by atoms with van der Waals surface area (Å²) in [7, 11) is -5.15. The van der Waals surface area contributed by atoms with Crippen LogP contribution >= 0.6 is 7.82 Å². The number of hydrogen-bond acceptors (Lipinski definition) is 13. The molecule has 0 saturated heterocycles. The van der Waals surface area contributed by atoms with E-state index < -0.39 is 75.7 Å². The first kappa shape index (κ1) is 55.3. The second kappa shape index (κ2) is 34.8. The van der Waals surface area contributed by atoms with Gasteiger partial charge in [-0.05, 0) is 70.6 Å². The molecule has 0 spiro atoms. The lowest BCUT2D eigenvalue weighted by Gasteiger charge is -2.41. The number of phosphoric acid groups is 1. The molecule has 0 amide bonds. The van der Waals surface area contributed by atoms with Crippen LogP contribution in [0.1, 0.15) is 136 Å². The Morgan fingerprint density at radius 1 is 0.583 bits per heavy atom. The summed E-state index contributed by atoms with van der Waals surface area (Å²) in [5, 5.41) is 59.9. The Bertz CT molecular complexity index is 1340. The molecule has 1 fully saturated rings. The van der Waals surface area contributed by atoms with Gasteiger partial charge in [0.15, 0.2) is 6.10 Å². The molecule has 0 aromatic carbocycles. The van der Waals surface area contributed by atoms with E-state index in [0.717, 1.165) is 89.9 Å². The van der Waals surface area contributed by atoms with Crippen molar-refractivity contribution in [1.29, 1.82) is 0 Å². The molecular weight excluding hydrogens is 795 g/mol. The fraction of sp³-hybridized carbons (Fsp3) is 0.689. The highest BCUT2D eigenvalue weighted by atomic mass is 31.2. The molecule has 0 heterocycles. The van der Waals surface area contributed by atoms with E-state index in [2.05, 4.69) is 56.4 Å². The first-order valence-corrected chi connectivity index (χ1v) is 23.3. The van der Waals surface area contributed by atoms with Crippen LogP contribution in [0.15, 0.2) is 72.9 Å². The van der Waals surface area contributed by atoms with E-state index in [9.17, 15) is 49.7 Å². The predicted molar refractivity (Wildman–Crippen MR) is 231 cm³/mol. The Morgan fingerprint density at radius 3 is 1.68 bits per heavy atom.